The molecule has 90 valence electrons. The Balaban J connectivity index is 2.67. The summed E-state index contributed by atoms with van der Waals surface area (Å²) in [5.41, 5.74) is -0.886. The summed E-state index contributed by atoms with van der Waals surface area (Å²) >= 11 is 0. The molecule has 0 spiro atoms. The fourth-order valence-electron chi connectivity index (χ4n) is 1.29. The number of nitrogens with zero attached hydrogens (tertiary/aromatic N) is 1. The third kappa shape index (κ3) is 3.13. The van der Waals surface area contributed by atoms with Crippen molar-refractivity contribution in [2.75, 3.05) is 11.9 Å². The molecule has 2 N–H and O–H groups in total. The van der Waals surface area contributed by atoms with Crippen LogP contribution < -0.4 is 5.32 Å². The van der Waals surface area contributed by atoms with E-state index in [4.69, 9.17) is 0 Å². The third-order valence-corrected chi connectivity index (χ3v) is 2.71. The lowest BCUT2D eigenvalue weighted by Gasteiger charge is -2.25. The van der Waals surface area contributed by atoms with Crippen molar-refractivity contribution >= 4 is 5.82 Å². The summed E-state index contributed by atoms with van der Waals surface area (Å²) in [4.78, 5) is 3.58. The lowest BCUT2D eigenvalue weighted by atomic mass is 9.98. The van der Waals surface area contributed by atoms with E-state index < -0.39 is 17.2 Å². The number of hydrogen-bond donors (Lipinski definition) is 2. The highest BCUT2D eigenvalue weighted by molar-refractivity contribution is 5.36. The van der Waals surface area contributed by atoms with Gasteiger partial charge in [0.15, 0.2) is 11.6 Å². The summed E-state index contributed by atoms with van der Waals surface area (Å²) in [5.74, 6) is -1.51. The minimum absolute atomic E-state index is 0.0401. The first-order chi connectivity index (χ1) is 7.50. The molecule has 0 bridgehead atoms. The monoisotopic (exact) mass is 230 g/mol. The van der Waals surface area contributed by atoms with E-state index in [2.05, 4.69) is 10.3 Å². The minimum atomic E-state index is -0.886. The highest BCUT2D eigenvalue weighted by Crippen LogP contribution is 2.17. The molecule has 1 aromatic rings. The van der Waals surface area contributed by atoms with E-state index in [9.17, 15) is 13.9 Å². The molecule has 0 aliphatic carbocycles. The van der Waals surface area contributed by atoms with Crippen LogP contribution in [0.25, 0.3) is 0 Å². The molecule has 5 heteroatoms. The normalized spacial score (nSPS) is 11.6. The summed E-state index contributed by atoms with van der Waals surface area (Å²) < 4.78 is 25.8. The molecule has 0 aromatic carbocycles. The molecule has 1 rings (SSSR count). The van der Waals surface area contributed by atoms with Crippen LogP contribution in [0.1, 0.15) is 26.7 Å². The van der Waals surface area contributed by atoms with Crippen LogP contribution in [0, 0.1) is 11.6 Å². The Morgan fingerprint density at radius 2 is 2.00 bits per heavy atom. The molecule has 1 heterocycles. The maximum absolute atomic E-state index is 13.2. The van der Waals surface area contributed by atoms with Crippen molar-refractivity contribution in [2.45, 2.75) is 32.3 Å². The molecule has 3 nitrogen and oxygen atoms in total. The predicted octanol–water partition coefficient (Wildman–Crippen LogP) is 2.32. The van der Waals surface area contributed by atoms with Gasteiger partial charge < -0.3 is 10.4 Å². The Bertz CT molecular complexity index is 354. The van der Waals surface area contributed by atoms with Crippen molar-refractivity contribution in [1.29, 1.82) is 0 Å². The molecule has 0 saturated heterocycles. The summed E-state index contributed by atoms with van der Waals surface area (Å²) in [5, 5.41) is 12.6. The topological polar surface area (TPSA) is 45.1 Å². The van der Waals surface area contributed by atoms with Gasteiger partial charge in [0.05, 0.1) is 11.8 Å². The van der Waals surface area contributed by atoms with Gasteiger partial charge in [0.1, 0.15) is 5.82 Å². The third-order valence-electron chi connectivity index (χ3n) is 2.71. The number of aromatic nitrogens is 1. The maximum atomic E-state index is 13.2. The van der Waals surface area contributed by atoms with Gasteiger partial charge in [-0.05, 0) is 12.8 Å². The molecule has 0 fully saturated rings. The first-order valence-corrected chi connectivity index (χ1v) is 5.28. The maximum Gasteiger partial charge on any atom is 0.168 e. The Hall–Kier alpha value is -1.23. The number of pyridine rings is 1. The molecule has 0 aliphatic rings. The van der Waals surface area contributed by atoms with Gasteiger partial charge in [0.25, 0.3) is 0 Å². The minimum Gasteiger partial charge on any atom is -0.388 e. The van der Waals surface area contributed by atoms with E-state index in [1.54, 1.807) is 0 Å². The first-order valence-electron chi connectivity index (χ1n) is 5.28. The lowest BCUT2D eigenvalue weighted by Crippen LogP contribution is -2.35. The van der Waals surface area contributed by atoms with E-state index in [-0.39, 0.29) is 12.4 Å². The summed E-state index contributed by atoms with van der Waals surface area (Å²) in [6, 6.07) is 0.756. The molecular formula is C11H16F2N2O. The van der Waals surface area contributed by atoms with E-state index in [1.807, 2.05) is 13.8 Å². The lowest BCUT2D eigenvalue weighted by molar-refractivity contribution is 0.0455. The Labute approximate surface area is 93.5 Å². The zero-order valence-corrected chi connectivity index (χ0v) is 9.43. The van der Waals surface area contributed by atoms with Crippen molar-refractivity contribution in [1.82, 2.24) is 4.98 Å². The van der Waals surface area contributed by atoms with Crippen molar-refractivity contribution in [3.8, 4) is 0 Å². The fraction of sp³-hybridized carbons (Fsp3) is 0.545. The van der Waals surface area contributed by atoms with Crippen LogP contribution in [0.4, 0.5) is 14.6 Å². The Morgan fingerprint density at radius 1 is 1.38 bits per heavy atom. The van der Waals surface area contributed by atoms with Gasteiger partial charge in [-0.15, -0.1) is 0 Å². The smallest absolute Gasteiger partial charge is 0.168 e. The molecule has 16 heavy (non-hydrogen) atoms. The molecular weight excluding hydrogens is 214 g/mol. The van der Waals surface area contributed by atoms with Gasteiger partial charge in [-0.1, -0.05) is 13.8 Å². The first kappa shape index (κ1) is 12.8. The second kappa shape index (κ2) is 5.21. The zero-order chi connectivity index (χ0) is 12.2. The van der Waals surface area contributed by atoms with Crippen molar-refractivity contribution in [3.05, 3.63) is 23.9 Å². The second-order valence-electron chi connectivity index (χ2n) is 3.77. The molecule has 0 amide bonds. The number of halogens is 2. The van der Waals surface area contributed by atoms with Crippen LogP contribution in [0.15, 0.2) is 12.3 Å². The van der Waals surface area contributed by atoms with Crippen molar-refractivity contribution in [2.24, 2.45) is 0 Å². The van der Waals surface area contributed by atoms with Gasteiger partial charge in [0, 0.05) is 12.6 Å². The Kier molecular flexibility index (Phi) is 4.18. The van der Waals surface area contributed by atoms with Crippen LogP contribution in [0.2, 0.25) is 0 Å². The number of aliphatic hydroxyl groups is 1. The predicted molar refractivity (Wildman–Crippen MR) is 58.2 cm³/mol. The van der Waals surface area contributed by atoms with Gasteiger partial charge in [-0.2, -0.15) is 0 Å². The molecule has 0 unspecified atom stereocenters. The van der Waals surface area contributed by atoms with Crippen molar-refractivity contribution in [3.63, 3.8) is 0 Å². The molecule has 0 saturated carbocycles. The number of rotatable bonds is 5. The van der Waals surface area contributed by atoms with Crippen LogP contribution in [0.5, 0.6) is 0 Å². The van der Waals surface area contributed by atoms with Crippen LogP contribution in [-0.2, 0) is 0 Å². The average Bonchev–Trinajstić information content (AvgIpc) is 2.27. The van der Waals surface area contributed by atoms with E-state index >= 15 is 0 Å². The van der Waals surface area contributed by atoms with Crippen LogP contribution in [0.3, 0.4) is 0 Å². The van der Waals surface area contributed by atoms with E-state index in [0.717, 1.165) is 12.3 Å². The number of anilines is 1. The second-order valence-corrected chi connectivity index (χ2v) is 3.77. The quantitative estimate of drug-likeness (QED) is 0.816. The highest BCUT2D eigenvalue weighted by atomic mass is 19.1. The standard InChI is InChI=1S/C11H16F2N2O/c1-3-11(16,4-2)7-15-10-9(13)5-8(12)6-14-10/h5-6,16H,3-4,7H2,1-2H3,(H,14,15). The average molecular weight is 230 g/mol. The molecule has 1 aromatic heterocycles. The van der Waals surface area contributed by atoms with Crippen molar-refractivity contribution < 1.29 is 13.9 Å². The van der Waals surface area contributed by atoms with E-state index in [0.29, 0.717) is 12.8 Å². The van der Waals surface area contributed by atoms with Gasteiger partial charge >= 0.3 is 0 Å². The Morgan fingerprint density at radius 3 is 2.50 bits per heavy atom. The number of nitrogens with one attached hydrogen (secondary N) is 1. The number of hydrogen-bond acceptors (Lipinski definition) is 3. The van der Waals surface area contributed by atoms with E-state index in [1.165, 1.54) is 0 Å². The summed E-state index contributed by atoms with van der Waals surface area (Å²) in [6.07, 6.45) is 2.04. The largest absolute Gasteiger partial charge is 0.388 e. The molecule has 0 aliphatic heterocycles. The van der Waals surface area contributed by atoms with Gasteiger partial charge in [-0.25, -0.2) is 13.8 Å². The van der Waals surface area contributed by atoms with Crippen LogP contribution >= 0.6 is 0 Å². The fourth-order valence-corrected chi connectivity index (χ4v) is 1.29. The zero-order valence-electron chi connectivity index (χ0n) is 9.43. The van der Waals surface area contributed by atoms with Crippen LogP contribution in [-0.4, -0.2) is 22.2 Å². The molecule has 0 atom stereocenters. The molecule has 0 radical (unpaired) electrons. The summed E-state index contributed by atoms with van der Waals surface area (Å²) in [6.45, 7) is 3.88. The van der Waals surface area contributed by atoms with Gasteiger partial charge in [0.2, 0.25) is 0 Å². The van der Waals surface area contributed by atoms with Gasteiger partial charge in [-0.3, -0.25) is 0 Å². The SMILES string of the molecule is CCC(O)(CC)CNc1ncc(F)cc1F. The highest BCUT2D eigenvalue weighted by Gasteiger charge is 2.22. The summed E-state index contributed by atoms with van der Waals surface area (Å²) in [7, 11) is 0.